The van der Waals surface area contributed by atoms with E-state index >= 15 is 0 Å². The minimum Gasteiger partial charge on any atom is -0.311 e. The summed E-state index contributed by atoms with van der Waals surface area (Å²) >= 11 is 6.38. The average molecular weight is 310 g/mol. The molecule has 0 fully saturated rings. The van der Waals surface area contributed by atoms with E-state index in [1.54, 1.807) is 0 Å². The molecule has 0 aliphatic heterocycles. The van der Waals surface area contributed by atoms with Crippen LogP contribution in [0.25, 0.3) is 0 Å². The molecule has 0 saturated carbocycles. The van der Waals surface area contributed by atoms with Crippen molar-refractivity contribution in [3.05, 3.63) is 33.9 Å². The van der Waals surface area contributed by atoms with Crippen molar-refractivity contribution in [2.45, 2.75) is 46.2 Å². The van der Waals surface area contributed by atoms with Crippen molar-refractivity contribution in [2.24, 2.45) is 7.05 Å². The molecule has 1 atom stereocenters. The van der Waals surface area contributed by atoms with E-state index in [9.17, 15) is 0 Å². The van der Waals surface area contributed by atoms with Gasteiger partial charge in [0.1, 0.15) is 0 Å². The topological polar surface area (TPSA) is 47.7 Å². The Kier molecular flexibility index (Phi) is 5.06. The van der Waals surface area contributed by atoms with Crippen molar-refractivity contribution in [2.75, 3.05) is 7.05 Å². The summed E-state index contributed by atoms with van der Waals surface area (Å²) in [6.45, 7) is 7.04. The lowest BCUT2D eigenvalue weighted by molar-refractivity contribution is 0.499. The maximum Gasteiger partial charge on any atom is 0.0847 e. The first-order chi connectivity index (χ1) is 10.0. The first-order valence-electron chi connectivity index (χ1n) is 7.43. The molecule has 21 heavy (non-hydrogen) atoms. The first-order valence-corrected chi connectivity index (χ1v) is 7.81. The monoisotopic (exact) mass is 309 g/mol. The van der Waals surface area contributed by atoms with Gasteiger partial charge in [-0.2, -0.15) is 10.2 Å². The van der Waals surface area contributed by atoms with Crippen LogP contribution < -0.4 is 5.32 Å². The van der Waals surface area contributed by atoms with E-state index in [4.69, 9.17) is 11.6 Å². The van der Waals surface area contributed by atoms with Crippen molar-refractivity contribution in [1.82, 2.24) is 24.9 Å². The summed E-state index contributed by atoms with van der Waals surface area (Å²) in [7, 11) is 3.91. The van der Waals surface area contributed by atoms with Crippen LogP contribution in [0.4, 0.5) is 0 Å². The van der Waals surface area contributed by atoms with Gasteiger partial charge >= 0.3 is 0 Å². The van der Waals surface area contributed by atoms with Gasteiger partial charge in [0.05, 0.1) is 33.8 Å². The number of aryl methyl sites for hydroxylation is 4. The lowest BCUT2D eigenvalue weighted by Crippen LogP contribution is -2.23. The number of rotatable bonds is 6. The van der Waals surface area contributed by atoms with Gasteiger partial charge in [0.25, 0.3) is 0 Å². The lowest BCUT2D eigenvalue weighted by Gasteiger charge is -2.17. The SMILES string of the molecule is CCc1cc(C(Cc2c(Cl)c(C)nn2C)NC)n(CC)n1. The normalized spacial score (nSPS) is 12.9. The third-order valence-electron chi connectivity index (χ3n) is 3.89. The number of halogens is 1. The van der Waals surface area contributed by atoms with Gasteiger partial charge in [0.15, 0.2) is 0 Å². The zero-order valence-electron chi connectivity index (χ0n) is 13.4. The van der Waals surface area contributed by atoms with Crippen LogP contribution in [0, 0.1) is 6.92 Å². The second kappa shape index (κ2) is 6.62. The second-order valence-corrected chi connectivity index (χ2v) is 5.62. The van der Waals surface area contributed by atoms with Gasteiger partial charge in [0.2, 0.25) is 0 Å². The smallest absolute Gasteiger partial charge is 0.0847 e. The van der Waals surface area contributed by atoms with E-state index in [0.29, 0.717) is 0 Å². The minimum atomic E-state index is 0.171. The van der Waals surface area contributed by atoms with Crippen molar-refractivity contribution in [1.29, 1.82) is 0 Å². The van der Waals surface area contributed by atoms with Crippen LogP contribution in [0.1, 0.15) is 42.7 Å². The van der Waals surface area contributed by atoms with E-state index in [0.717, 1.165) is 41.5 Å². The summed E-state index contributed by atoms with van der Waals surface area (Å²) in [6, 6.07) is 2.35. The molecule has 0 aliphatic rings. The Bertz CT molecular complexity index is 614. The second-order valence-electron chi connectivity index (χ2n) is 5.24. The van der Waals surface area contributed by atoms with Gasteiger partial charge < -0.3 is 5.32 Å². The highest BCUT2D eigenvalue weighted by Crippen LogP contribution is 2.26. The molecule has 2 heterocycles. The van der Waals surface area contributed by atoms with Crippen molar-refractivity contribution < 1.29 is 0 Å². The lowest BCUT2D eigenvalue weighted by atomic mass is 10.1. The highest BCUT2D eigenvalue weighted by Gasteiger charge is 2.21. The number of nitrogens with one attached hydrogen (secondary N) is 1. The average Bonchev–Trinajstić information content (AvgIpc) is 2.99. The van der Waals surface area contributed by atoms with Crippen molar-refractivity contribution in [3.63, 3.8) is 0 Å². The van der Waals surface area contributed by atoms with Crippen LogP contribution in [0.5, 0.6) is 0 Å². The molecule has 0 spiro atoms. The summed E-state index contributed by atoms with van der Waals surface area (Å²) < 4.78 is 3.94. The summed E-state index contributed by atoms with van der Waals surface area (Å²) in [4.78, 5) is 0. The summed E-state index contributed by atoms with van der Waals surface area (Å²) in [5, 5.41) is 13.2. The number of likely N-dealkylation sites (N-methyl/N-ethyl adjacent to an activating group) is 1. The Morgan fingerprint density at radius 3 is 2.52 bits per heavy atom. The molecule has 0 radical (unpaired) electrons. The molecular weight excluding hydrogens is 286 g/mol. The number of hydrogen-bond donors (Lipinski definition) is 1. The van der Waals surface area contributed by atoms with Crippen LogP contribution in [0.15, 0.2) is 6.07 Å². The highest BCUT2D eigenvalue weighted by atomic mass is 35.5. The third kappa shape index (κ3) is 3.14. The molecule has 116 valence electrons. The van der Waals surface area contributed by atoms with Gasteiger partial charge in [-0.15, -0.1) is 0 Å². The van der Waals surface area contributed by atoms with Gasteiger partial charge in [-0.3, -0.25) is 9.36 Å². The summed E-state index contributed by atoms with van der Waals surface area (Å²) in [6.07, 6.45) is 1.74. The molecule has 0 saturated heterocycles. The molecule has 5 nitrogen and oxygen atoms in total. The number of hydrogen-bond acceptors (Lipinski definition) is 3. The van der Waals surface area contributed by atoms with Crippen LogP contribution in [-0.4, -0.2) is 26.6 Å². The Morgan fingerprint density at radius 1 is 1.33 bits per heavy atom. The Balaban J connectivity index is 2.34. The minimum absolute atomic E-state index is 0.171. The van der Waals surface area contributed by atoms with Crippen LogP contribution in [0.3, 0.4) is 0 Å². The predicted molar refractivity (Wildman–Crippen MR) is 85.7 cm³/mol. The van der Waals surface area contributed by atoms with Gasteiger partial charge in [0, 0.05) is 20.0 Å². The number of nitrogens with zero attached hydrogens (tertiary/aromatic N) is 4. The molecule has 2 aromatic heterocycles. The van der Waals surface area contributed by atoms with Crippen molar-refractivity contribution in [3.8, 4) is 0 Å². The predicted octanol–water partition coefficient (Wildman–Crippen LogP) is 2.66. The van der Waals surface area contributed by atoms with E-state index < -0.39 is 0 Å². The molecule has 0 bridgehead atoms. The van der Waals surface area contributed by atoms with E-state index in [-0.39, 0.29) is 6.04 Å². The fourth-order valence-electron chi connectivity index (χ4n) is 2.64. The molecular formula is C15H24ClN5. The molecule has 6 heteroatoms. The van der Waals surface area contributed by atoms with Crippen LogP contribution in [0.2, 0.25) is 5.02 Å². The Hall–Kier alpha value is -1.33. The van der Waals surface area contributed by atoms with Crippen molar-refractivity contribution >= 4 is 11.6 Å². The first kappa shape index (κ1) is 16.0. The maximum atomic E-state index is 6.38. The zero-order valence-corrected chi connectivity index (χ0v) is 14.2. The maximum absolute atomic E-state index is 6.38. The molecule has 0 amide bonds. The van der Waals surface area contributed by atoms with Crippen LogP contribution in [-0.2, 0) is 26.4 Å². The van der Waals surface area contributed by atoms with Crippen LogP contribution >= 0.6 is 11.6 Å². The quantitative estimate of drug-likeness (QED) is 0.892. The summed E-state index contributed by atoms with van der Waals surface area (Å²) in [5.41, 5.74) is 4.25. The van der Waals surface area contributed by atoms with Gasteiger partial charge in [-0.05, 0) is 33.4 Å². The highest BCUT2D eigenvalue weighted by molar-refractivity contribution is 6.31. The number of aromatic nitrogens is 4. The Morgan fingerprint density at radius 2 is 2.05 bits per heavy atom. The van der Waals surface area contributed by atoms with Gasteiger partial charge in [-0.25, -0.2) is 0 Å². The summed E-state index contributed by atoms with van der Waals surface area (Å²) in [5.74, 6) is 0. The standard InChI is InChI=1S/C15H24ClN5/c1-6-11-8-13(21(7-2)19-11)12(17-4)9-14-15(16)10(3)18-20(14)5/h8,12,17H,6-7,9H2,1-5H3. The molecule has 0 aliphatic carbocycles. The fraction of sp³-hybridized carbons (Fsp3) is 0.600. The van der Waals surface area contributed by atoms with E-state index in [1.165, 1.54) is 5.69 Å². The Labute approximate surface area is 131 Å². The third-order valence-corrected chi connectivity index (χ3v) is 4.38. The molecule has 1 unspecified atom stereocenters. The zero-order chi connectivity index (χ0) is 15.6. The van der Waals surface area contributed by atoms with E-state index in [1.807, 2.05) is 25.7 Å². The van der Waals surface area contributed by atoms with E-state index in [2.05, 4.69) is 40.1 Å². The fourth-order valence-corrected chi connectivity index (χ4v) is 2.88. The molecule has 2 rings (SSSR count). The largest absolute Gasteiger partial charge is 0.311 e. The molecule has 2 aromatic rings. The molecule has 1 N–H and O–H groups in total. The van der Waals surface area contributed by atoms with Gasteiger partial charge in [-0.1, -0.05) is 18.5 Å². The molecule has 0 aromatic carbocycles.